The van der Waals surface area contributed by atoms with Gasteiger partial charge in [0.25, 0.3) is 0 Å². The molecular weight excluding hydrogens is 346 g/mol. The summed E-state index contributed by atoms with van der Waals surface area (Å²) in [4.78, 5) is 2.17. The summed E-state index contributed by atoms with van der Waals surface area (Å²) in [6, 6.07) is 0.608. The molecule has 0 aliphatic heterocycles. The van der Waals surface area contributed by atoms with Gasteiger partial charge in [-0.15, -0.1) is 13.2 Å². The Morgan fingerprint density at radius 1 is 0.792 bits per heavy atom. The molecule has 0 heterocycles. The number of hydrogen-bond donors (Lipinski definition) is 0. The summed E-state index contributed by atoms with van der Waals surface area (Å²) in [6.07, 6.45) is 4.35. The minimum atomic E-state index is -2.94. The van der Waals surface area contributed by atoms with E-state index >= 15 is 0 Å². The predicted molar refractivity (Wildman–Crippen MR) is 98.7 cm³/mol. The molecule has 0 saturated carbocycles. The second kappa shape index (κ2) is 12.1. The molecule has 0 aliphatic carbocycles. The maximum Gasteiger partial charge on any atom is 0.518 e. The first-order valence-corrected chi connectivity index (χ1v) is 11.5. The quantitative estimate of drug-likeness (QED) is 0.317. The topological polar surface area (TPSA) is 58.6 Å². The van der Waals surface area contributed by atoms with E-state index in [0.717, 1.165) is 0 Å². The number of hydrogen-bond acceptors (Lipinski definition) is 7. The van der Waals surface area contributed by atoms with Crippen LogP contribution in [0.25, 0.3) is 0 Å². The van der Waals surface area contributed by atoms with E-state index in [1.54, 1.807) is 42.7 Å². The molecule has 0 bridgehead atoms. The van der Waals surface area contributed by atoms with Crippen LogP contribution in [0.3, 0.4) is 0 Å². The Morgan fingerprint density at radius 2 is 1.21 bits per heavy atom. The van der Waals surface area contributed by atoms with Crippen molar-refractivity contribution in [2.45, 2.75) is 18.1 Å². The van der Waals surface area contributed by atoms with Crippen LogP contribution < -0.4 is 0 Å². The van der Waals surface area contributed by atoms with Crippen molar-refractivity contribution in [3.8, 4) is 0 Å². The van der Waals surface area contributed by atoms with Crippen molar-refractivity contribution in [2.75, 3.05) is 55.7 Å². The standard InChI is InChI=1S/C15H33NO6Si2/c1-9-12-16(13-10-2)15(24(20-6,21-7)22-8)11-14-23(17-3,18-4)19-5/h9-10,15H,1-2,11-14H2,3-8H3. The summed E-state index contributed by atoms with van der Waals surface area (Å²) in [5.74, 6) is 0. The molecule has 9 heteroatoms. The summed E-state index contributed by atoms with van der Waals surface area (Å²) in [7, 11) is 4.00. The van der Waals surface area contributed by atoms with Crippen LogP contribution in [0.2, 0.25) is 6.04 Å². The van der Waals surface area contributed by atoms with E-state index in [0.29, 0.717) is 25.6 Å². The van der Waals surface area contributed by atoms with Gasteiger partial charge in [-0.3, -0.25) is 4.90 Å². The minimum absolute atomic E-state index is 0.110. The Labute approximate surface area is 148 Å². The zero-order valence-corrected chi connectivity index (χ0v) is 17.9. The fourth-order valence-corrected chi connectivity index (χ4v) is 7.27. The first-order valence-electron chi connectivity index (χ1n) is 7.75. The maximum atomic E-state index is 5.72. The Hall–Kier alpha value is -0.366. The molecular formula is C15H33NO6Si2. The Bertz CT molecular complexity index is 337. The lowest BCUT2D eigenvalue weighted by Crippen LogP contribution is -2.62. The van der Waals surface area contributed by atoms with Crippen LogP contribution in [0.1, 0.15) is 6.42 Å². The third kappa shape index (κ3) is 5.86. The molecule has 0 aromatic heterocycles. The van der Waals surface area contributed by atoms with Gasteiger partial charge in [-0.05, 0) is 6.42 Å². The Kier molecular flexibility index (Phi) is 11.9. The van der Waals surface area contributed by atoms with Gasteiger partial charge in [-0.25, -0.2) is 0 Å². The van der Waals surface area contributed by atoms with Crippen LogP contribution in [-0.4, -0.2) is 83.9 Å². The molecule has 0 amide bonds. The summed E-state index contributed by atoms with van der Waals surface area (Å²) < 4.78 is 33.7. The van der Waals surface area contributed by atoms with E-state index in [1.807, 2.05) is 12.2 Å². The van der Waals surface area contributed by atoms with E-state index in [4.69, 9.17) is 26.6 Å². The monoisotopic (exact) mass is 379 g/mol. The van der Waals surface area contributed by atoms with Crippen LogP contribution in [0, 0.1) is 0 Å². The Balaban J connectivity index is 5.59. The van der Waals surface area contributed by atoms with Gasteiger partial charge in [-0.1, -0.05) is 12.2 Å². The molecule has 0 saturated heterocycles. The molecule has 1 unspecified atom stereocenters. The second-order valence-corrected chi connectivity index (χ2v) is 11.3. The zero-order valence-electron chi connectivity index (χ0n) is 15.9. The average molecular weight is 380 g/mol. The molecule has 0 fully saturated rings. The highest BCUT2D eigenvalue weighted by molar-refractivity contribution is 6.63. The van der Waals surface area contributed by atoms with Crippen molar-refractivity contribution >= 4 is 17.6 Å². The predicted octanol–water partition coefficient (Wildman–Crippen LogP) is 1.71. The molecule has 0 aromatic rings. The van der Waals surface area contributed by atoms with Crippen LogP contribution in [0.5, 0.6) is 0 Å². The molecule has 0 aromatic carbocycles. The first-order chi connectivity index (χ1) is 11.5. The third-order valence-electron chi connectivity index (χ3n) is 4.09. The van der Waals surface area contributed by atoms with Crippen molar-refractivity contribution in [3.63, 3.8) is 0 Å². The van der Waals surface area contributed by atoms with Crippen LogP contribution >= 0.6 is 0 Å². The molecule has 24 heavy (non-hydrogen) atoms. The van der Waals surface area contributed by atoms with Crippen molar-refractivity contribution in [2.24, 2.45) is 0 Å². The normalized spacial score (nSPS) is 14.0. The Morgan fingerprint density at radius 3 is 1.50 bits per heavy atom. The van der Waals surface area contributed by atoms with Crippen molar-refractivity contribution in [1.82, 2.24) is 4.90 Å². The van der Waals surface area contributed by atoms with Gasteiger partial charge in [0, 0.05) is 61.8 Å². The lowest BCUT2D eigenvalue weighted by atomic mass is 10.3. The van der Waals surface area contributed by atoms with Gasteiger partial charge in [0.2, 0.25) is 0 Å². The maximum absolute atomic E-state index is 5.72. The summed E-state index contributed by atoms with van der Waals surface area (Å²) in [5, 5.41) is 0. The highest BCUT2D eigenvalue weighted by Gasteiger charge is 2.51. The van der Waals surface area contributed by atoms with Gasteiger partial charge in [0.15, 0.2) is 0 Å². The lowest BCUT2D eigenvalue weighted by Gasteiger charge is -2.40. The number of nitrogens with zero attached hydrogens (tertiary/aromatic N) is 1. The molecule has 0 rings (SSSR count). The van der Waals surface area contributed by atoms with Crippen molar-refractivity contribution in [3.05, 3.63) is 25.3 Å². The fourth-order valence-electron chi connectivity index (χ4n) is 2.77. The number of rotatable bonds is 15. The van der Waals surface area contributed by atoms with E-state index in [9.17, 15) is 0 Å². The molecule has 142 valence electrons. The largest absolute Gasteiger partial charge is 0.518 e. The third-order valence-corrected chi connectivity index (χ3v) is 10.0. The summed E-state index contributed by atoms with van der Waals surface area (Å²) >= 11 is 0. The van der Waals surface area contributed by atoms with Crippen LogP contribution in [0.4, 0.5) is 0 Å². The van der Waals surface area contributed by atoms with Gasteiger partial charge < -0.3 is 26.6 Å². The van der Waals surface area contributed by atoms with Gasteiger partial charge >= 0.3 is 17.6 Å². The van der Waals surface area contributed by atoms with Gasteiger partial charge in [0.1, 0.15) is 0 Å². The highest BCUT2D eigenvalue weighted by atomic mass is 28.4. The fraction of sp³-hybridized carbons (Fsp3) is 0.733. The molecule has 0 spiro atoms. The minimum Gasteiger partial charge on any atom is -0.377 e. The van der Waals surface area contributed by atoms with Gasteiger partial charge in [-0.2, -0.15) is 0 Å². The first kappa shape index (κ1) is 23.6. The smallest absolute Gasteiger partial charge is 0.377 e. The average Bonchev–Trinajstić information content (AvgIpc) is 2.63. The molecule has 7 nitrogen and oxygen atoms in total. The molecule has 0 aliphatic rings. The van der Waals surface area contributed by atoms with Crippen molar-refractivity contribution < 1.29 is 26.6 Å². The SMILES string of the molecule is C=CCN(CC=C)C(CC[Si](OC)(OC)OC)[Si](OC)(OC)OC. The van der Waals surface area contributed by atoms with Crippen LogP contribution in [0.15, 0.2) is 25.3 Å². The molecule has 1 atom stereocenters. The van der Waals surface area contributed by atoms with Gasteiger partial charge in [0.05, 0.1) is 5.67 Å². The zero-order chi connectivity index (χ0) is 18.6. The van der Waals surface area contributed by atoms with Crippen molar-refractivity contribution in [1.29, 1.82) is 0 Å². The molecule has 0 N–H and O–H groups in total. The van der Waals surface area contributed by atoms with E-state index in [2.05, 4.69) is 18.1 Å². The molecule has 0 radical (unpaired) electrons. The van der Waals surface area contributed by atoms with Crippen LogP contribution in [-0.2, 0) is 26.6 Å². The highest BCUT2D eigenvalue weighted by Crippen LogP contribution is 2.26. The van der Waals surface area contributed by atoms with E-state index < -0.39 is 17.6 Å². The summed E-state index contributed by atoms with van der Waals surface area (Å²) in [6.45, 7) is 8.98. The summed E-state index contributed by atoms with van der Waals surface area (Å²) in [5.41, 5.74) is -0.110. The second-order valence-electron chi connectivity index (χ2n) is 5.10. The lowest BCUT2D eigenvalue weighted by molar-refractivity contribution is 0.0751. The van der Waals surface area contributed by atoms with E-state index in [-0.39, 0.29) is 5.67 Å². The van der Waals surface area contributed by atoms with E-state index in [1.165, 1.54) is 0 Å².